The van der Waals surface area contributed by atoms with E-state index in [0.717, 1.165) is 6.29 Å². The lowest BCUT2D eigenvalue weighted by atomic mass is 9.83. The van der Waals surface area contributed by atoms with Crippen LogP contribution in [0.25, 0.3) is 0 Å². The Bertz CT molecular complexity index is 283. The summed E-state index contributed by atoms with van der Waals surface area (Å²) in [6.07, 6.45) is 6.37. The fraction of sp³-hybridized carbons (Fsp3) is 0.545. The summed E-state index contributed by atoms with van der Waals surface area (Å²) in [4.78, 5) is 10.9. The van der Waals surface area contributed by atoms with Crippen LogP contribution in [0.3, 0.4) is 0 Å². The van der Waals surface area contributed by atoms with Crippen molar-refractivity contribution >= 4 is 6.29 Å². The predicted molar refractivity (Wildman–Crippen MR) is 53.8 cm³/mol. The molecule has 0 aromatic carbocycles. The van der Waals surface area contributed by atoms with Crippen molar-refractivity contribution < 1.29 is 14.3 Å². The van der Waals surface area contributed by atoms with Gasteiger partial charge in [-0.2, -0.15) is 0 Å². The van der Waals surface area contributed by atoms with Crippen LogP contribution in [0, 0.1) is 5.41 Å². The van der Waals surface area contributed by atoms with Gasteiger partial charge in [0.15, 0.2) is 6.29 Å². The molecule has 1 aliphatic carbocycles. The van der Waals surface area contributed by atoms with Gasteiger partial charge in [0.05, 0.1) is 5.57 Å². The Kier molecular flexibility index (Phi) is 2.92. The molecule has 0 aromatic heterocycles. The van der Waals surface area contributed by atoms with Gasteiger partial charge in [-0.15, -0.1) is 0 Å². The minimum absolute atomic E-state index is 0.128. The van der Waals surface area contributed by atoms with Gasteiger partial charge in [-0.05, 0) is 6.08 Å². The van der Waals surface area contributed by atoms with Crippen molar-refractivity contribution in [3.05, 3.63) is 23.8 Å². The van der Waals surface area contributed by atoms with Crippen molar-refractivity contribution in [1.29, 1.82) is 0 Å². The van der Waals surface area contributed by atoms with Crippen LogP contribution in [0.1, 0.15) is 13.8 Å². The SMILES string of the molecule is COC1(OC)C=CC(C)(C)C=C1C=O. The number of rotatable bonds is 3. The maximum absolute atomic E-state index is 10.9. The summed E-state index contributed by atoms with van der Waals surface area (Å²) in [7, 11) is 3.03. The Balaban J connectivity index is 3.13. The Morgan fingerprint density at radius 3 is 2.21 bits per heavy atom. The number of methoxy groups -OCH3 is 2. The molecule has 1 aliphatic rings. The van der Waals surface area contributed by atoms with Gasteiger partial charge in [-0.1, -0.05) is 26.0 Å². The first-order valence-corrected chi connectivity index (χ1v) is 4.49. The zero-order chi connectivity index (χ0) is 10.8. The first kappa shape index (κ1) is 11.1. The Labute approximate surface area is 84.4 Å². The number of carbonyl (C=O) groups excluding carboxylic acids is 1. The lowest BCUT2D eigenvalue weighted by Gasteiger charge is -2.34. The quantitative estimate of drug-likeness (QED) is 0.391. The molecule has 1 rings (SSSR count). The van der Waals surface area contributed by atoms with Crippen LogP contribution in [0.15, 0.2) is 23.8 Å². The standard InChI is InChI=1S/C11H16O3/c1-10(2)5-6-11(13-3,14-4)9(7-10)8-12/h5-8H,1-4H3. The summed E-state index contributed by atoms with van der Waals surface area (Å²) in [5, 5.41) is 0. The number of ether oxygens (including phenoxy) is 2. The molecule has 0 radical (unpaired) electrons. The van der Waals surface area contributed by atoms with Crippen molar-refractivity contribution in [2.45, 2.75) is 19.6 Å². The number of hydrogen-bond donors (Lipinski definition) is 0. The second kappa shape index (κ2) is 3.67. The zero-order valence-electron chi connectivity index (χ0n) is 9.03. The number of aldehydes is 1. The Morgan fingerprint density at radius 1 is 1.21 bits per heavy atom. The molecule has 0 N–H and O–H groups in total. The second-order valence-corrected chi connectivity index (χ2v) is 3.95. The van der Waals surface area contributed by atoms with Crippen LogP contribution in [0.4, 0.5) is 0 Å². The molecule has 0 bridgehead atoms. The summed E-state index contributed by atoms with van der Waals surface area (Å²) >= 11 is 0. The summed E-state index contributed by atoms with van der Waals surface area (Å²) in [5.74, 6) is -1.00. The predicted octanol–water partition coefficient (Wildman–Crippen LogP) is 1.70. The molecule has 0 saturated carbocycles. The van der Waals surface area contributed by atoms with E-state index in [1.54, 1.807) is 6.08 Å². The van der Waals surface area contributed by atoms with Crippen molar-refractivity contribution in [3.63, 3.8) is 0 Å². The van der Waals surface area contributed by atoms with Gasteiger partial charge >= 0.3 is 0 Å². The summed E-state index contributed by atoms with van der Waals surface area (Å²) in [6.45, 7) is 4.03. The molecule has 0 unspecified atom stereocenters. The third-order valence-corrected chi connectivity index (χ3v) is 2.40. The third-order valence-electron chi connectivity index (χ3n) is 2.40. The molecule has 3 nitrogen and oxygen atoms in total. The molecule has 14 heavy (non-hydrogen) atoms. The van der Waals surface area contributed by atoms with E-state index < -0.39 is 5.79 Å². The first-order chi connectivity index (χ1) is 6.49. The Morgan fingerprint density at radius 2 is 1.79 bits per heavy atom. The highest BCUT2D eigenvalue weighted by Gasteiger charge is 2.36. The van der Waals surface area contributed by atoms with Crippen molar-refractivity contribution in [2.24, 2.45) is 5.41 Å². The van der Waals surface area contributed by atoms with E-state index in [1.165, 1.54) is 14.2 Å². The lowest BCUT2D eigenvalue weighted by molar-refractivity contribution is -0.148. The lowest BCUT2D eigenvalue weighted by Crippen LogP contribution is -2.38. The highest BCUT2D eigenvalue weighted by Crippen LogP contribution is 2.34. The molecule has 0 saturated heterocycles. The zero-order valence-corrected chi connectivity index (χ0v) is 9.03. The van der Waals surface area contributed by atoms with Crippen molar-refractivity contribution in [2.75, 3.05) is 14.2 Å². The molecular formula is C11H16O3. The third kappa shape index (κ3) is 1.79. The smallest absolute Gasteiger partial charge is 0.217 e. The van der Waals surface area contributed by atoms with Crippen LogP contribution < -0.4 is 0 Å². The number of hydrogen-bond acceptors (Lipinski definition) is 3. The van der Waals surface area contributed by atoms with Crippen molar-refractivity contribution in [3.8, 4) is 0 Å². The van der Waals surface area contributed by atoms with Gasteiger partial charge in [0.2, 0.25) is 5.79 Å². The molecule has 0 heterocycles. The monoisotopic (exact) mass is 196 g/mol. The van der Waals surface area contributed by atoms with E-state index >= 15 is 0 Å². The molecule has 0 atom stereocenters. The summed E-state index contributed by atoms with van der Waals surface area (Å²) in [5.41, 5.74) is 0.381. The van der Waals surface area contributed by atoms with E-state index in [9.17, 15) is 4.79 Å². The molecule has 0 spiro atoms. The largest absolute Gasteiger partial charge is 0.346 e. The summed E-state index contributed by atoms with van der Waals surface area (Å²) < 4.78 is 10.4. The van der Waals surface area contributed by atoms with Crippen LogP contribution in [0.2, 0.25) is 0 Å². The Hall–Kier alpha value is -0.930. The normalized spacial score (nSPS) is 23.0. The van der Waals surface area contributed by atoms with Gasteiger partial charge in [-0.25, -0.2) is 0 Å². The fourth-order valence-corrected chi connectivity index (χ4v) is 1.54. The summed E-state index contributed by atoms with van der Waals surface area (Å²) in [6, 6.07) is 0. The minimum atomic E-state index is -1.00. The molecule has 78 valence electrons. The van der Waals surface area contributed by atoms with Gasteiger partial charge in [-0.3, -0.25) is 4.79 Å². The maximum Gasteiger partial charge on any atom is 0.217 e. The van der Waals surface area contributed by atoms with Crippen LogP contribution in [-0.4, -0.2) is 26.3 Å². The average molecular weight is 196 g/mol. The van der Waals surface area contributed by atoms with E-state index in [1.807, 2.05) is 26.0 Å². The fourth-order valence-electron chi connectivity index (χ4n) is 1.54. The molecule has 0 fully saturated rings. The van der Waals surface area contributed by atoms with Crippen LogP contribution in [0.5, 0.6) is 0 Å². The molecular weight excluding hydrogens is 180 g/mol. The van der Waals surface area contributed by atoms with E-state index in [0.29, 0.717) is 5.57 Å². The van der Waals surface area contributed by atoms with E-state index in [2.05, 4.69) is 0 Å². The van der Waals surface area contributed by atoms with Gasteiger partial charge in [0, 0.05) is 19.6 Å². The molecule has 3 heteroatoms. The first-order valence-electron chi connectivity index (χ1n) is 4.49. The van der Waals surface area contributed by atoms with Gasteiger partial charge < -0.3 is 9.47 Å². The second-order valence-electron chi connectivity index (χ2n) is 3.95. The average Bonchev–Trinajstić information content (AvgIpc) is 2.17. The highest BCUT2D eigenvalue weighted by atomic mass is 16.7. The highest BCUT2D eigenvalue weighted by molar-refractivity contribution is 5.77. The number of allylic oxidation sites excluding steroid dienone is 2. The van der Waals surface area contributed by atoms with Crippen molar-refractivity contribution in [1.82, 2.24) is 0 Å². The number of carbonyl (C=O) groups is 1. The minimum Gasteiger partial charge on any atom is -0.346 e. The topological polar surface area (TPSA) is 35.5 Å². The van der Waals surface area contributed by atoms with Gasteiger partial charge in [0.25, 0.3) is 0 Å². The van der Waals surface area contributed by atoms with E-state index in [4.69, 9.17) is 9.47 Å². The van der Waals surface area contributed by atoms with Gasteiger partial charge in [0.1, 0.15) is 0 Å². The molecule has 0 amide bonds. The van der Waals surface area contributed by atoms with Crippen LogP contribution in [-0.2, 0) is 14.3 Å². The molecule has 0 aromatic rings. The molecule has 0 aliphatic heterocycles. The van der Waals surface area contributed by atoms with E-state index in [-0.39, 0.29) is 5.41 Å². The van der Waals surface area contributed by atoms with Crippen LogP contribution >= 0.6 is 0 Å². The maximum atomic E-state index is 10.9.